The first kappa shape index (κ1) is 11.4. The van der Waals surface area contributed by atoms with Crippen LogP contribution < -0.4 is 16.6 Å². The molecule has 0 aromatic carbocycles. The average Bonchev–Trinajstić information content (AvgIpc) is 2.26. The van der Waals surface area contributed by atoms with Gasteiger partial charge in [0.25, 0.3) is 5.91 Å². The Morgan fingerprint density at radius 2 is 2.40 bits per heavy atom. The first-order valence-electron chi connectivity index (χ1n) is 4.60. The van der Waals surface area contributed by atoms with E-state index in [1.165, 1.54) is 12.3 Å². The van der Waals surface area contributed by atoms with Crippen LogP contribution in [-0.2, 0) is 0 Å². The van der Waals surface area contributed by atoms with E-state index in [0.29, 0.717) is 6.54 Å². The lowest BCUT2D eigenvalue weighted by molar-refractivity contribution is 0.0949. The van der Waals surface area contributed by atoms with Gasteiger partial charge < -0.3 is 10.7 Å². The lowest BCUT2D eigenvalue weighted by Crippen LogP contribution is -2.25. The van der Waals surface area contributed by atoms with Gasteiger partial charge in [-0.25, -0.2) is 15.2 Å². The van der Waals surface area contributed by atoms with Crippen LogP contribution in [0.25, 0.3) is 0 Å². The minimum atomic E-state index is -0.742. The Hall–Kier alpha value is -1.69. The summed E-state index contributed by atoms with van der Waals surface area (Å²) in [4.78, 5) is 15.1. The van der Waals surface area contributed by atoms with Crippen LogP contribution in [0.15, 0.2) is 12.3 Å². The molecule has 0 saturated carbocycles. The number of pyridine rings is 1. The van der Waals surface area contributed by atoms with Crippen molar-refractivity contribution in [2.24, 2.45) is 5.84 Å². The third-order valence-corrected chi connectivity index (χ3v) is 1.81. The number of nitrogens with one attached hydrogen (secondary N) is 2. The second kappa shape index (κ2) is 5.26. The maximum atomic E-state index is 13.5. The number of anilines is 1. The second-order valence-electron chi connectivity index (χ2n) is 2.92. The summed E-state index contributed by atoms with van der Waals surface area (Å²) in [5.74, 6) is 3.69. The molecule has 0 atom stereocenters. The Morgan fingerprint density at radius 1 is 1.67 bits per heavy atom. The van der Waals surface area contributed by atoms with Gasteiger partial charge >= 0.3 is 0 Å². The Balaban J connectivity index is 2.89. The maximum Gasteiger partial charge on any atom is 0.254 e. The third-order valence-electron chi connectivity index (χ3n) is 1.81. The molecule has 0 fully saturated rings. The van der Waals surface area contributed by atoms with E-state index in [1.807, 2.05) is 6.92 Å². The zero-order valence-corrected chi connectivity index (χ0v) is 8.38. The predicted octanol–water partition coefficient (Wildman–Crippen LogP) is 0.646. The van der Waals surface area contributed by atoms with Gasteiger partial charge in [-0.15, -0.1) is 0 Å². The number of aromatic nitrogens is 1. The molecular formula is C9H13FN4O. The van der Waals surface area contributed by atoms with Gasteiger partial charge in [-0.1, -0.05) is 6.92 Å². The molecule has 0 saturated heterocycles. The summed E-state index contributed by atoms with van der Waals surface area (Å²) in [5, 5.41) is 2.57. The highest BCUT2D eigenvalue weighted by molar-refractivity contribution is 5.95. The van der Waals surface area contributed by atoms with Crippen LogP contribution in [0.2, 0.25) is 0 Å². The number of rotatable bonds is 4. The number of hydrogen-bond donors (Lipinski definition) is 3. The first-order valence-corrected chi connectivity index (χ1v) is 4.60. The zero-order chi connectivity index (χ0) is 11.3. The summed E-state index contributed by atoms with van der Waals surface area (Å²) in [6.45, 7) is 2.42. The Labute approximate surface area is 86.8 Å². The number of nitrogens with two attached hydrogens (primary N) is 1. The fourth-order valence-corrected chi connectivity index (χ4v) is 1.05. The van der Waals surface area contributed by atoms with Gasteiger partial charge in [-0.2, -0.15) is 0 Å². The van der Waals surface area contributed by atoms with E-state index < -0.39 is 11.7 Å². The summed E-state index contributed by atoms with van der Waals surface area (Å²) >= 11 is 0. The molecule has 0 bridgehead atoms. The van der Waals surface area contributed by atoms with Crippen molar-refractivity contribution in [3.05, 3.63) is 23.6 Å². The fraction of sp³-hybridized carbons (Fsp3) is 0.333. The molecule has 6 heteroatoms. The van der Waals surface area contributed by atoms with Crippen molar-refractivity contribution in [1.82, 2.24) is 10.3 Å². The van der Waals surface area contributed by atoms with E-state index in [0.717, 1.165) is 6.42 Å². The van der Waals surface area contributed by atoms with Crippen LogP contribution in [0.1, 0.15) is 23.7 Å². The number of hydrogen-bond acceptors (Lipinski definition) is 4. The third kappa shape index (κ3) is 2.63. The van der Waals surface area contributed by atoms with Crippen molar-refractivity contribution in [1.29, 1.82) is 0 Å². The van der Waals surface area contributed by atoms with Crippen molar-refractivity contribution in [2.45, 2.75) is 13.3 Å². The van der Waals surface area contributed by atoms with Gasteiger partial charge in [0.15, 0.2) is 11.6 Å². The normalized spacial score (nSPS) is 9.80. The fourth-order valence-electron chi connectivity index (χ4n) is 1.05. The number of carbonyl (C=O) groups is 1. The van der Waals surface area contributed by atoms with E-state index in [4.69, 9.17) is 5.84 Å². The molecular weight excluding hydrogens is 199 g/mol. The smallest absolute Gasteiger partial charge is 0.254 e. The molecule has 0 aliphatic heterocycles. The van der Waals surface area contributed by atoms with Crippen LogP contribution in [-0.4, -0.2) is 17.4 Å². The molecule has 0 unspecified atom stereocenters. The summed E-state index contributed by atoms with van der Waals surface area (Å²) in [5.41, 5.74) is 2.02. The lowest BCUT2D eigenvalue weighted by Gasteiger charge is -2.06. The highest BCUT2D eigenvalue weighted by Crippen LogP contribution is 2.13. The second-order valence-corrected chi connectivity index (χ2v) is 2.92. The number of nitrogens with zero attached hydrogens (tertiary/aromatic N) is 1. The van der Waals surface area contributed by atoms with Crippen LogP contribution in [0, 0.1) is 5.82 Å². The number of carbonyl (C=O) groups excluding carboxylic acids is 1. The molecule has 1 rings (SSSR count). The molecule has 1 aromatic heterocycles. The molecule has 5 nitrogen and oxygen atoms in total. The zero-order valence-electron chi connectivity index (χ0n) is 8.38. The van der Waals surface area contributed by atoms with Crippen LogP contribution >= 0.6 is 0 Å². The standard InChI is InChI=1S/C9H13FN4O/c1-2-4-13-9(15)6-3-5-12-8(14-11)7(6)10/h3,5H,2,4,11H2,1H3,(H,12,14)(H,13,15). The predicted molar refractivity (Wildman–Crippen MR) is 54.6 cm³/mol. The van der Waals surface area contributed by atoms with Gasteiger partial charge in [0.2, 0.25) is 0 Å². The van der Waals surface area contributed by atoms with Gasteiger partial charge in [-0.05, 0) is 12.5 Å². The van der Waals surface area contributed by atoms with Gasteiger partial charge in [0, 0.05) is 12.7 Å². The SMILES string of the molecule is CCCNC(=O)c1ccnc(NN)c1F. The van der Waals surface area contributed by atoms with Crippen molar-refractivity contribution in [2.75, 3.05) is 12.0 Å². The van der Waals surface area contributed by atoms with Crippen molar-refractivity contribution in [3.8, 4) is 0 Å². The van der Waals surface area contributed by atoms with Crippen molar-refractivity contribution < 1.29 is 9.18 Å². The number of hydrazine groups is 1. The van der Waals surface area contributed by atoms with Gasteiger partial charge in [0.05, 0.1) is 5.56 Å². The molecule has 1 amide bonds. The van der Waals surface area contributed by atoms with Crippen LogP contribution in [0.5, 0.6) is 0 Å². The Kier molecular flexibility index (Phi) is 3.99. The maximum absolute atomic E-state index is 13.5. The number of amides is 1. The summed E-state index contributed by atoms with van der Waals surface area (Å²) < 4.78 is 13.5. The van der Waals surface area contributed by atoms with E-state index in [2.05, 4.69) is 15.7 Å². The van der Waals surface area contributed by atoms with Gasteiger partial charge in [0.1, 0.15) is 0 Å². The summed E-state index contributed by atoms with van der Waals surface area (Å²) in [7, 11) is 0. The monoisotopic (exact) mass is 212 g/mol. The minimum absolute atomic E-state index is 0.0635. The average molecular weight is 212 g/mol. The molecule has 82 valence electrons. The molecule has 0 aliphatic carbocycles. The van der Waals surface area contributed by atoms with Crippen molar-refractivity contribution >= 4 is 11.7 Å². The highest BCUT2D eigenvalue weighted by Gasteiger charge is 2.14. The number of nitrogen functional groups attached to an aromatic ring is 1. The molecule has 1 aromatic rings. The van der Waals surface area contributed by atoms with Gasteiger partial charge in [-0.3, -0.25) is 4.79 Å². The largest absolute Gasteiger partial charge is 0.352 e. The van der Waals surface area contributed by atoms with Crippen LogP contribution in [0.4, 0.5) is 10.2 Å². The molecule has 1 heterocycles. The van der Waals surface area contributed by atoms with E-state index in [9.17, 15) is 9.18 Å². The molecule has 0 radical (unpaired) electrons. The quantitative estimate of drug-likeness (QED) is 0.505. The lowest BCUT2D eigenvalue weighted by atomic mass is 10.2. The number of halogens is 1. The van der Waals surface area contributed by atoms with E-state index in [-0.39, 0.29) is 11.4 Å². The first-order chi connectivity index (χ1) is 7.20. The topological polar surface area (TPSA) is 80.0 Å². The molecule has 0 aliphatic rings. The molecule has 0 spiro atoms. The van der Waals surface area contributed by atoms with Crippen molar-refractivity contribution in [3.63, 3.8) is 0 Å². The minimum Gasteiger partial charge on any atom is -0.352 e. The summed E-state index contributed by atoms with van der Waals surface area (Å²) in [6.07, 6.45) is 2.11. The molecule has 4 N–H and O–H groups in total. The van der Waals surface area contributed by atoms with E-state index >= 15 is 0 Å². The summed E-state index contributed by atoms with van der Waals surface area (Å²) in [6, 6.07) is 1.31. The molecule has 15 heavy (non-hydrogen) atoms. The Bertz CT molecular complexity index is 356. The van der Waals surface area contributed by atoms with Crippen LogP contribution in [0.3, 0.4) is 0 Å². The highest BCUT2D eigenvalue weighted by atomic mass is 19.1. The van der Waals surface area contributed by atoms with E-state index in [1.54, 1.807) is 0 Å². The Morgan fingerprint density at radius 3 is 3.00 bits per heavy atom.